The van der Waals surface area contributed by atoms with Crippen LogP contribution in [0.25, 0.3) is 0 Å². The molecule has 0 aliphatic heterocycles. The molecule has 0 N–H and O–H groups in total. The van der Waals surface area contributed by atoms with E-state index in [4.69, 9.17) is 11.6 Å². The van der Waals surface area contributed by atoms with Gasteiger partial charge in [0.1, 0.15) is 0 Å². The van der Waals surface area contributed by atoms with Gasteiger partial charge in [0.05, 0.1) is 5.02 Å². The highest BCUT2D eigenvalue weighted by Crippen LogP contribution is 2.21. The fraction of sp³-hybridized carbons (Fsp3) is 0.500. The summed E-state index contributed by atoms with van der Waals surface area (Å²) in [5.74, 6) is 0.571. The van der Waals surface area contributed by atoms with Crippen LogP contribution in [0, 0.1) is 0 Å². The van der Waals surface area contributed by atoms with Crippen LogP contribution in [-0.2, 0) is 0 Å². The Morgan fingerprint density at radius 2 is 2.25 bits per heavy atom. The summed E-state index contributed by atoms with van der Waals surface area (Å²) in [5, 5.41) is 0.732. The molecule has 1 rings (SSSR count). The Kier molecular flexibility index (Phi) is 3.54. The lowest BCUT2D eigenvalue weighted by atomic mass is 9.98. The van der Waals surface area contributed by atoms with Gasteiger partial charge in [0.25, 0.3) is 0 Å². The quantitative estimate of drug-likeness (QED) is 0.698. The maximum atomic E-state index is 5.83. The minimum absolute atomic E-state index is 0.571. The highest BCUT2D eigenvalue weighted by atomic mass is 35.5. The van der Waals surface area contributed by atoms with Crippen molar-refractivity contribution in [3.05, 3.63) is 29.0 Å². The zero-order chi connectivity index (χ0) is 8.97. The van der Waals surface area contributed by atoms with Gasteiger partial charge >= 0.3 is 0 Å². The summed E-state index contributed by atoms with van der Waals surface area (Å²) in [5.41, 5.74) is 1.24. The molecule has 2 heteroatoms. The average molecular weight is 184 g/mol. The normalized spacial score (nSPS) is 12.9. The van der Waals surface area contributed by atoms with E-state index in [-0.39, 0.29) is 0 Å². The van der Waals surface area contributed by atoms with Crippen LogP contribution >= 0.6 is 11.6 Å². The molecule has 1 heterocycles. The second-order valence-corrected chi connectivity index (χ2v) is 3.56. The molecule has 0 spiro atoms. The van der Waals surface area contributed by atoms with E-state index in [0.717, 1.165) is 5.02 Å². The van der Waals surface area contributed by atoms with E-state index in [0.29, 0.717) is 5.92 Å². The maximum absolute atomic E-state index is 5.83. The van der Waals surface area contributed by atoms with E-state index in [1.807, 2.05) is 12.3 Å². The molecule has 0 amide bonds. The molecule has 1 aromatic heterocycles. The van der Waals surface area contributed by atoms with Crippen molar-refractivity contribution in [1.82, 2.24) is 4.98 Å². The van der Waals surface area contributed by atoms with E-state index < -0.39 is 0 Å². The van der Waals surface area contributed by atoms with Crippen LogP contribution < -0.4 is 0 Å². The van der Waals surface area contributed by atoms with E-state index in [2.05, 4.69) is 18.8 Å². The van der Waals surface area contributed by atoms with Crippen molar-refractivity contribution in [2.75, 3.05) is 0 Å². The topological polar surface area (TPSA) is 12.9 Å². The first-order valence-corrected chi connectivity index (χ1v) is 4.72. The van der Waals surface area contributed by atoms with Gasteiger partial charge in [-0.3, -0.25) is 4.98 Å². The lowest BCUT2D eigenvalue weighted by Crippen LogP contribution is -1.93. The summed E-state index contributed by atoms with van der Waals surface area (Å²) in [4.78, 5) is 4.06. The summed E-state index contributed by atoms with van der Waals surface area (Å²) in [7, 11) is 0. The summed E-state index contributed by atoms with van der Waals surface area (Å²) >= 11 is 5.83. The molecule has 0 fully saturated rings. The summed E-state index contributed by atoms with van der Waals surface area (Å²) in [6, 6.07) is 1.99. The molecule has 1 aromatic rings. The Bertz CT molecular complexity index is 247. The SMILES string of the molecule is CCCC(C)c1cncc(Cl)c1. The van der Waals surface area contributed by atoms with Crippen LogP contribution in [0.2, 0.25) is 5.02 Å². The van der Waals surface area contributed by atoms with Gasteiger partial charge in [-0.2, -0.15) is 0 Å². The zero-order valence-corrected chi connectivity index (χ0v) is 8.30. The molecule has 0 saturated carbocycles. The number of hydrogen-bond acceptors (Lipinski definition) is 1. The van der Waals surface area contributed by atoms with E-state index in [1.165, 1.54) is 18.4 Å². The minimum Gasteiger partial charge on any atom is -0.263 e. The third-order valence-corrected chi connectivity index (χ3v) is 2.22. The standard InChI is InChI=1S/C10H14ClN/c1-3-4-8(2)9-5-10(11)7-12-6-9/h5-8H,3-4H2,1-2H3. The fourth-order valence-electron chi connectivity index (χ4n) is 1.30. The number of halogens is 1. The van der Waals surface area contributed by atoms with Gasteiger partial charge in [0.15, 0.2) is 0 Å². The molecule has 12 heavy (non-hydrogen) atoms. The van der Waals surface area contributed by atoms with Crippen LogP contribution in [0.4, 0.5) is 0 Å². The fourth-order valence-corrected chi connectivity index (χ4v) is 1.48. The Hall–Kier alpha value is -0.560. The van der Waals surface area contributed by atoms with Gasteiger partial charge in [-0.25, -0.2) is 0 Å². The van der Waals surface area contributed by atoms with Crippen LogP contribution in [-0.4, -0.2) is 4.98 Å². The van der Waals surface area contributed by atoms with Gasteiger partial charge in [-0.05, 0) is 24.0 Å². The molecule has 0 bridgehead atoms. The number of pyridine rings is 1. The molecule has 1 nitrogen and oxygen atoms in total. The minimum atomic E-state index is 0.571. The van der Waals surface area contributed by atoms with Crippen molar-refractivity contribution in [2.45, 2.75) is 32.6 Å². The second-order valence-electron chi connectivity index (χ2n) is 3.13. The largest absolute Gasteiger partial charge is 0.263 e. The lowest BCUT2D eigenvalue weighted by Gasteiger charge is -2.09. The number of hydrogen-bond donors (Lipinski definition) is 0. The van der Waals surface area contributed by atoms with Crippen molar-refractivity contribution in [3.63, 3.8) is 0 Å². The molecule has 0 aliphatic carbocycles. The molecule has 0 radical (unpaired) electrons. The van der Waals surface area contributed by atoms with Crippen molar-refractivity contribution in [3.8, 4) is 0 Å². The second kappa shape index (κ2) is 4.46. The van der Waals surface area contributed by atoms with E-state index >= 15 is 0 Å². The lowest BCUT2D eigenvalue weighted by molar-refractivity contribution is 0.662. The Labute approximate surface area is 78.8 Å². The number of nitrogens with zero attached hydrogens (tertiary/aromatic N) is 1. The Morgan fingerprint density at radius 1 is 1.50 bits per heavy atom. The number of aromatic nitrogens is 1. The third kappa shape index (κ3) is 2.49. The first-order valence-electron chi connectivity index (χ1n) is 4.34. The van der Waals surface area contributed by atoms with Crippen LogP contribution in [0.5, 0.6) is 0 Å². The third-order valence-electron chi connectivity index (χ3n) is 2.02. The smallest absolute Gasteiger partial charge is 0.0592 e. The van der Waals surface area contributed by atoms with Crippen molar-refractivity contribution >= 4 is 11.6 Å². The molecule has 0 aromatic carbocycles. The van der Waals surface area contributed by atoms with Gasteiger partial charge in [0.2, 0.25) is 0 Å². The van der Waals surface area contributed by atoms with Crippen molar-refractivity contribution in [2.24, 2.45) is 0 Å². The highest BCUT2D eigenvalue weighted by molar-refractivity contribution is 6.30. The zero-order valence-electron chi connectivity index (χ0n) is 7.55. The van der Waals surface area contributed by atoms with Crippen LogP contribution in [0.3, 0.4) is 0 Å². The van der Waals surface area contributed by atoms with Gasteiger partial charge in [0, 0.05) is 12.4 Å². The first kappa shape index (κ1) is 9.53. The first-order chi connectivity index (χ1) is 5.74. The predicted octanol–water partition coefficient (Wildman–Crippen LogP) is 3.64. The van der Waals surface area contributed by atoms with Gasteiger partial charge < -0.3 is 0 Å². The highest BCUT2D eigenvalue weighted by Gasteiger charge is 2.04. The van der Waals surface area contributed by atoms with Crippen molar-refractivity contribution < 1.29 is 0 Å². The maximum Gasteiger partial charge on any atom is 0.0592 e. The van der Waals surface area contributed by atoms with E-state index in [9.17, 15) is 0 Å². The van der Waals surface area contributed by atoms with E-state index in [1.54, 1.807) is 6.20 Å². The molecule has 1 atom stereocenters. The summed E-state index contributed by atoms with van der Waals surface area (Å²) < 4.78 is 0. The van der Waals surface area contributed by atoms with Gasteiger partial charge in [-0.15, -0.1) is 0 Å². The van der Waals surface area contributed by atoms with Gasteiger partial charge in [-0.1, -0.05) is 31.9 Å². The Balaban J connectivity index is 2.73. The predicted molar refractivity (Wildman–Crippen MR) is 52.6 cm³/mol. The summed E-state index contributed by atoms with van der Waals surface area (Å²) in [6.45, 7) is 4.39. The monoisotopic (exact) mass is 183 g/mol. The average Bonchev–Trinajstić information content (AvgIpc) is 2.05. The molecule has 66 valence electrons. The molecular formula is C10H14ClN. The molecular weight excluding hydrogens is 170 g/mol. The molecule has 0 aliphatic rings. The van der Waals surface area contributed by atoms with Crippen LogP contribution in [0.15, 0.2) is 18.5 Å². The summed E-state index contributed by atoms with van der Waals surface area (Å²) in [6.07, 6.45) is 5.96. The molecule has 0 saturated heterocycles. The molecule has 1 unspecified atom stereocenters. The van der Waals surface area contributed by atoms with Crippen molar-refractivity contribution in [1.29, 1.82) is 0 Å². The van der Waals surface area contributed by atoms with Crippen LogP contribution in [0.1, 0.15) is 38.2 Å². The number of rotatable bonds is 3. The Morgan fingerprint density at radius 3 is 2.83 bits per heavy atom.